The molecule has 0 bridgehead atoms. The highest BCUT2D eigenvalue weighted by atomic mass is 19.3. The quantitative estimate of drug-likeness (QED) is 0.114. The normalized spacial score (nSPS) is 16.3. The minimum Gasteiger partial charge on any atom is -0.429 e. The summed E-state index contributed by atoms with van der Waals surface area (Å²) in [5.74, 6) is -4.99. The van der Waals surface area contributed by atoms with E-state index >= 15 is 0 Å². The lowest BCUT2D eigenvalue weighted by atomic mass is 9.93. The highest BCUT2D eigenvalue weighted by Crippen LogP contribution is 2.36. The summed E-state index contributed by atoms with van der Waals surface area (Å²) in [6, 6.07) is 5.23. The maximum absolute atomic E-state index is 14.8. The molecule has 0 saturated carbocycles. The fraction of sp³-hybridized carbons (Fsp3) is 0.176. The van der Waals surface area contributed by atoms with Crippen LogP contribution < -0.4 is 4.74 Å². The van der Waals surface area contributed by atoms with E-state index in [0.717, 1.165) is 24.1 Å². The summed E-state index contributed by atoms with van der Waals surface area (Å²) in [5, 5.41) is 0. The van der Waals surface area contributed by atoms with Crippen LogP contribution in [0.1, 0.15) is 35.6 Å². The Morgan fingerprint density at radius 2 is 1.49 bits per heavy atom. The highest BCUT2D eigenvalue weighted by molar-refractivity contribution is 5.50. The topological polar surface area (TPSA) is 9.23 Å². The molecule has 0 aromatic heterocycles. The molecule has 1 nitrogen and oxygen atoms in total. The van der Waals surface area contributed by atoms with Crippen LogP contribution in [-0.2, 0) is 12.5 Å². The van der Waals surface area contributed by atoms with Crippen LogP contribution in [0.5, 0.6) is 5.75 Å². The van der Waals surface area contributed by atoms with Crippen molar-refractivity contribution < 1.29 is 48.6 Å². The lowest BCUT2D eigenvalue weighted by molar-refractivity contribution is -0.189. The van der Waals surface area contributed by atoms with Gasteiger partial charge in [-0.3, -0.25) is 0 Å². The fourth-order valence-electron chi connectivity index (χ4n) is 4.18. The number of alkyl halides is 3. The second kappa shape index (κ2) is 13.8. The minimum atomic E-state index is -4.82. The summed E-state index contributed by atoms with van der Waals surface area (Å²) in [5.41, 5.74) is -1.89. The smallest absolute Gasteiger partial charge is 0.429 e. The summed E-state index contributed by atoms with van der Waals surface area (Å²) in [4.78, 5) is 0. The van der Waals surface area contributed by atoms with Crippen molar-refractivity contribution in [2.45, 2.75) is 32.0 Å². The Morgan fingerprint density at radius 1 is 0.822 bits per heavy atom. The van der Waals surface area contributed by atoms with Gasteiger partial charge in [-0.25, -0.2) is 35.1 Å². The first-order chi connectivity index (χ1) is 21.3. The molecule has 45 heavy (non-hydrogen) atoms. The lowest BCUT2D eigenvalue weighted by Crippen LogP contribution is -2.25. The molecule has 0 amide bonds. The van der Waals surface area contributed by atoms with Gasteiger partial charge >= 0.3 is 6.11 Å². The molecule has 0 heterocycles. The van der Waals surface area contributed by atoms with E-state index in [4.69, 9.17) is 0 Å². The summed E-state index contributed by atoms with van der Waals surface area (Å²) in [6.07, 6.45) is 0.0377. The maximum Gasteiger partial charge on any atom is 0.432 e. The number of rotatable bonds is 6. The number of halogens is 10. The molecule has 1 aliphatic rings. The Balaban J connectivity index is 1.49. The number of benzene rings is 3. The Kier molecular flexibility index (Phi) is 10.1. The molecule has 0 N–H and O–H groups in total. The van der Waals surface area contributed by atoms with E-state index in [-0.39, 0.29) is 23.3 Å². The van der Waals surface area contributed by atoms with E-state index in [1.807, 2.05) is 19.1 Å². The fourth-order valence-corrected chi connectivity index (χ4v) is 4.18. The van der Waals surface area contributed by atoms with Gasteiger partial charge < -0.3 is 4.74 Å². The third-order valence-corrected chi connectivity index (χ3v) is 6.37. The van der Waals surface area contributed by atoms with Gasteiger partial charge in [-0.1, -0.05) is 41.9 Å². The van der Waals surface area contributed by atoms with Gasteiger partial charge in [0.2, 0.25) is 0 Å². The lowest BCUT2D eigenvalue weighted by Gasteiger charge is -2.19. The molecule has 0 aliphatic heterocycles. The first-order valence-electron chi connectivity index (χ1n) is 13.2. The molecule has 2 unspecified atom stereocenters. The zero-order valence-electron chi connectivity index (χ0n) is 23.1. The van der Waals surface area contributed by atoms with Gasteiger partial charge in [-0.15, -0.1) is 0 Å². The van der Waals surface area contributed by atoms with Gasteiger partial charge in [-0.05, 0) is 61.7 Å². The van der Waals surface area contributed by atoms with Crippen LogP contribution >= 0.6 is 0 Å². The van der Waals surface area contributed by atoms with Crippen molar-refractivity contribution in [3.63, 3.8) is 0 Å². The second-order valence-corrected chi connectivity index (χ2v) is 9.65. The highest BCUT2D eigenvalue weighted by Gasteiger charge is 2.41. The molecular weight excluding hydrogens is 614 g/mol. The van der Waals surface area contributed by atoms with E-state index in [2.05, 4.69) is 28.4 Å². The van der Waals surface area contributed by atoms with Crippen molar-refractivity contribution in [1.29, 1.82) is 0 Å². The average molecular weight is 635 g/mol. The number of hydrogen-bond donors (Lipinski definition) is 0. The van der Waals surface area contributed by atoms with Crippen molar-refractivity contribution in [3.05, 3.63) is 135 Å². The van der Waals surface area contributed by atoms with Gasteiger partial charge in [0.25, 0.3) is 0 Å². The van der Waals surface area contributed by atoms with Crippen LogP contribution in [0.15, 0.2) is 78.2 Å². The van der Waals surface area contributed by atoms with Gasteiger partial charge in [-0.2, -0.15) is 8.78 Å². The summed E-state index contributed by atoms with van der Waals surface area (Å²) >= 11 is 0. The van der Waals surface area contributed by atoms with Gasteiger partial charge in [0.1, 0.15) is 46.7 Å². The maximum atomic E-state index is 14.8. The van der Waals surface area contributed by atoms with E-state index in [0.29, 0.717) is 18.6 Å². The predicted molar refractivity (Wildman–Crippen MR) is 146 cm³/mol. The van der Waals surface area contributed by atoms with Crippen molar-refractivity contribution in [1.82, 2.24) is 0 Å². The van der Waals surface area contributed by atoms with Crippen LogP contribution in [0.4, 0.5) is 43.9 Å². The first-order valence-corrected chi connectivity index (χ1v) is 13.2. The van der Waals surface area contributed by atoms with Crippen molar-refractivity contribution in [2.24, 2.45) is 5.92 Å². The van der Waals surface area contributed by atoms with Crippen LogP contribution in [0.3, 0.4) is 0 Å². The second-order valence-electron chi connectivity index (χ2n) is 9.65. The minimum absolute atomic E-state index is 0.0114. The number of hydrogen-bond acceptors (Lipinski definition) is 1. The zero-order valence-corrected chi connectivity index (χ0v) is 23.1. The van der Waals surface area contributed by atoms with E-state index < -0.39 is 75.8 Å². The van der Waals surface area contributed by atoms with Crippen molar-refractivity contribution in [3.8, 4) is 29.4 Å². The van der Waals surface area contributed by atoms with Crippen LogP contribution in [-0.4, -0.2) is 6.17 Å². The first kappa shape index (κ1) is 33.0. The molecule has 4 rings (SSSR count). The molecule has 0 saturated heterocycles. The summed E-state index contributed by atoms with van der Waals surface area (Å²) < 4.78 is 146. The molecule has 0 spiro atoms. The predicted octanol–water partition coefficient (Wildman–Crippen LogP) is 9.31. The number of ether oxygens (including phenoxy) is 1. The van der Waals surface area contributed by atoms with Crippen molar-refractivity contribution in [2.75, 3.05) is 0 Å². The molecule has 3 aromatic carbocycles. The zero-order chi connectivity index (χ0) is 32.9. The van der Waals surface area contributed by atoms with Gasteiger partial charge in [0.05, 0.1) is 5.56 Å². The third-order valence-electron chi connectivity index (χ3n) is 6.37. The Hall–Kier alpha value is -4.90. The largest absolute Gasteiger partial charge is 0.432 e. The third kappa shape index (κ3) is 7.98. The SMILES string of the molecule is C/C=C/CCc1ccc(C#CC2=CC(F)C(C#Cc3cc(F)c(C(F)(F)Oc4cc(F)c(F)c(F)c4)c(F)c3)C(F)=C2)c(F)c1. The molecule has 2 atom stereocenters. The molecule has 1 aliphatic carbocycles. The van der Waals surface area contributed by atoms with E-state index in [9.17, 15) is 43.9 Å². The Bertz CT molecular complexity index is 1790. The standard InChI is InChI=1S/C34H20F10O/c1-2-3-4-5-19-6-9-22(25(35)12-19)10-7-20-13-26(36)24(27(37)14-20)11-8-21-15-28(38)32(29(39)16-21)34(43,44)45-23-17-30(40)33(42)31(41)18-23/h2-3,6,9,12-18,24,26H,4-5H2,1H3/b3-2+. The van der Waals surface area contributed by atoms with Crippen LogP contribution in [0, 0.1) is 64.5 Å². The Morgan fingerprint density at radius 3 is 2.09 bits per heavy atom. The van der Waals surface area contributed by atoms with Crippen LogP contribution in [0.2, 0.25) is 0 Å². The van der Waals surface area contributed by atoms with Crippen molar-refractivity contribution >= 4 is 0 Å². The van der Waals surface area contributed by atoms with E-state index in [1.54, 1.807) is 6.07 Å². The van der Waals surface area contributed by atoms with Crippen LogP contribution in [0.25, 0.3) is 0 Å². The summed E-state index contributed by atoms with van der Waals surface area (Å²) in [7, 11) is 0. The number of allylic oxidation sites excluding steroid dienone is 6. The van der Waals surface area contributed by atoms with E-state index in [1.165, 1.54) is 12.1 Å². The molecular formula is C34H20F10O. The molecule has 232 valence electrons. The monoisotopic (exact) mass is 634 g/mol. The molecule has 11 heteroatoms. The summed E-state index contributed by atoms with van der Waals surface area (Å²) in [6.45, 7) is 1.87. The average Bonchev–Trinajstić information content (AvgIpc) is 2.94. The van der Waals surface area contributed by atoms with Gasteiger partial charge in [0, 0.05) is 23.3 Å². The van der Waals surface area contributed by atoms with Gasteiger partial charge in [0.15, 0.2) is 17.5 Å². The molecule has 0 fully saturated rings. The number of aryl methyl sites for hydroxylation is 1. The molecule has 3 aromatic rings. The molecule has 0 radical (unpaired) electrons. The Labute approximate surface area is 251 Å².